The average Bonchev–Trinajstić information content (AvgIpc) is 2.62. The molecule has 2 aliphatic heterocycles. The highest BCUT2D eigenvalue weighted by molar-refractivity contribution is 7.90. The number of sulfonamides is 1. The van der Waals surface area contributed by atoms with Crippen LogP contribution in [0.5, 0.6) is 0 Å². The summed E-state index contributed by atoms with van der Waals surface area (Å²) in [6.07, 6.45) is 1.85. The maximum atomic E-state index is 12.6. The molecule has 0 spiro atoms. The van der Waals surface area contributed by atoms with Gasteiger partial charge in [0.2, 0.25) is 5.91 Å². The van der Waals surface area contributed by atoms with Crippen LogP contribution in [0.2, 0.25) is 0 Å². The number of piperidine rings is 2. The highest BCUT2D eigenvalue weighted by Gasteiger charge is 2.50. The first-order chi connectivity index (χ1) is 13.0. The minimum atomic E-state index is -5.26. The number of alkyl halides is 3. The average molecular weight is 427 g/mol. The summed E-state index contributed by atoms with van der Waals surface area (Å²) in [6, 6.07) is 0.0827. The Labute approximate surface area is 163 Å². The molecule has 0 aromatic heterocycles. The molecule has 0 aliphatic carbocycles. The van der Waals surface area contributed by atoms with E-state index in [2.05, 4.69) is 15.6 Å². The van der Waals surface area contributed by atoms with E-state index in [0.29, 0.717) is 55.6 Å². The number of carbonyl (C=O) groups is 1. The van der Waals surface area contributed by atoms with E-state index in [-0.39, 0.29) is 31.0 Å². The molecule has 1 atom stereocenters. The van der Waals surface area contributed by atoms with E-state index < -0.39 is 15.5 Å². The number of aliphatic imine (C=N–C) groups is 1. The summed E-state index contributed by atoms with van der Waals surface area (Å²) < 4.78 is 61.3. The van der Waals surface area contributed by atoms with E-state index in [9.17, 15) is 26.4 Å². The number of guanidine groups is 1. The van der Waals surface area contributed by atoms with Crippen molar-refractivity contribution in [3.8, 4) is 0 Å². The number of likely N-dealkylation sites (tertiary alicyclic amines) is 1. The summed E-state index contributed by atoms with van der Waals surface area (Å²) in [4.78, 5) is 17.8. The predicted molar refractivity (Wildman–Crippen MR) is 99.0 cm³/mol. The molecule has 0 aromatic carbocycles. The predicted octanol–water partition coefficient (Wildman–Crippen LogP) is 0.724. The van der Waals surface area contributed by atoms with Crippen molar-refractivity contribution in [3.63, 3.8) is 0 Å². The fourth-order valence-corrected chi connectivity index (χ4v) is 4.33. The van der Waals surface area contributed by atoms with Crippen molar-refractivity contribution in [2.24, 2.45) is 10.9 Å². The van der Waals surface area contributed by atoms with E-state index in [4.69, 9.17) is 0 Å². The van der Waals surface area contributed by atoms with Crippen LogP contribution in [0.1, 0.15) is 32.6 Å². The summed E-state index contributed by atoms with van der Waals surface area (Å²) in [5.74, 6) is 0.729. The Kier molecular flexibility index (Phi) is 7.54. The monoisotopic (exact) mass is 427 g/mol. The zero-order valence-corrected chi connectivity index (χ0v) is 16.9. The van der Waals surface area contributed by atoms with Gasteiger partial charge in [0.05, 0.1) is 0 Å². The quantitative estimate of drug-likeness (QED) is 0.498. The molecule has 2 aliphatic rings. The van der Waals surface area contributed by atoms with Crippen molar-refractivity contribution in [1.29, 1.82) is 0 Å². The molecule has 12 heteroatoms. The molecule has 0 saturated carbocycles. The second-order valence-electron chi connectivity index (χ2n) is 7.17. The number of hydrogen-bond acceptors (Lipinski definition) is 4. The summed E-state index contributed by atoms with van der Waals surface area (Å²) in [5, 5.41) is 6.42. The number of amides is 1. The lowest BCUT2D eigenvalue weighted by Gasteiger charge is -2.32. The third-order valence-electron chi connectivity index (χ3n) is 5.03. The van der Waals surface area contributed by atoms with Crippen LogP contribution in [0.4, 0.5) is 13.2 Å². The smallest absolute Gasteiger partial charge is 0.357 e. The molecule has 2 N–H and O–H groups in total. The van der Waals surface area contributed by atoms with Crippen LogP contribution >= 0.6 is 0 Å². The van der Waals surface area contributed by atoms with Crippen LogP contribution in [0.25, 0.3) is 0 Å². The molecule has 0 bridgehead atoms. The molecular formula is C16H28F3N5O3S. The largest absolute Gasteiger partial charge is 0.511 e. The van der Waals surface area contributed by atoms with Crippen molar-refractivity contribution in [2.45, 2.75) is 44.2 Å². The maximum Gasteiger partial charge on any atom is 0.511 e. The van der Waals surface area contributed by atoms with E-state index in [1.807, 2.05) is 6.92 Å². The number of halogens is 3. The lowest BCUT2D eigenvalue weighted by atomic mass is 9.98. The number of nitrogens with one attached hydrogen (secondary N) is 2. The summed E-state index contributed by atoms with van der Waals surface area (Å²) in [7, 11) is -3.50. The Bertz CT molecular complexity index is 676. The number of hydrogen-bond donors (Lipinski definition) is 2. The van der Waals surface area contributed by atoms with Gasteiger partial charge in [-0.2, -0.15) is 17.5 Å². The van der Waals surface area contributed by atoms with Gasteiger partial charge >= 0.3 is 15.5 Å². The van der Waals surface area contributed by atoms with E-state index >= 15 is 0 Å². The van der Waals surface area contributed by atoms with E-state index in [1.165, 1.54) is 0 Å². The molecule has 2 saturated heterocycles. The number of nitrogens with zero attached hydrogens (tertiary/aromatic N) is 3. The third-order valence-corrected chi connectivity index (χ3v) is 6.66. The Balaban J connectivity index is 1.88. The van der Waals surface area contributed by atoms with Crippen molar-refractivity contribution >= 4 is 21.9 Å². The van der Waals surface area contributed by atoms with Gasteiger partial charge in [-0.1, -0.05) is 0 Å². The number of likely N-dealkylation sites (N-methyl/N-ethyl adjacent to an activating group) is 1. The van der Waals surface area contributed by atoms with Gasteiger partial charge in [0, 0.05) is 52.2 Å². The SMILES string of the molecule is CCNC(=NCC1CCN(S(=O)(=O)C(F)(F)F)CC1)NC1CCC(=O)N(C)C1. The zero-order chi connectivity index (χ0) is 20.9. The first kappa shape index (κ1) is 22.7. The lowest BCUT2D eigenvalue weighted by molar-refractivity contribution is -0.132. The molecule has 2 fully saturated rings. The van der Waals surface area contributed by atoms with Gasteiger partial charge in [-0.05, 0) is 32.1 Å². The van der Waals surface area contributed by atoms with Gasteiger partial charge in [0.1, 0.15) is 0 Å². The molecule has 28 heavy (non-hydrogen) atoms. The molecule has 0 aromatic rings. The fraction of sp³-hybridized carbons (Fsp3) is 0.875. The summed E-state index contributed by atoms with van der Waals surface area (Å²) >= 11 is 0. The number of carbonyl (C=O) groups excluding carboxylic acids is 1. The lowest BCUT2D eigenvalue weighted by Crippen LogP contribution is -2.51. The van der Waals surface area contributed by atoms with Gasteiger partial charge in [0.25, 0.3) is 0 Å². The second-order valence-corrected chi connectivity index (χ2v) is 9.10. The molecule has 0 radical (unpaired) electrons. The topological polar surface area (TPSA) is 94.1 Å². The normalized spacial score (nSPS) is 23.8. The Morgan fingerprint density at radius 3 is 2.43 bits per heavy atom. The first-order valence-corrected chi connectivity index (χ1v) is 10.8. The van der Waals surface area contributed by atoms with Crippen LogP contribution in [0.15, 0.2) is 4.99 Å². The minimum Gasteiger partial charge on any atom is -0.357 e. The standard InChI is InChI=1S/C16H28F3N5O3S/c1-3-20-15(22-13-4-5-14(25)23(2)11-13)21-10-12-6-8-24(9-7-12)28(26,27)16(17,18)19/h12-13H,3-11H2,1-2H3,(H2,20,21,22). The van der Waals surface area contributed by atoms with E-state index in [0.717, 1.165) is 0 Å². The fourth-order valence-electron chi connectivity index (χ4n) is 3.34. The third kappa shape index (κ3) is 5.72. The minimum absolute atomic E-state index is 0.0192. The van der Waals surface area contributed by atoms with Gasteiger partial charge in [-0.15, -0.1) is 0 Å². The molecule has 2 rings (SSSR count). The van der Waals surface area contributed by atoms with Gasteiger partial charge in [0.15, 0.2) is 5.96 Å². The summed E-state index contributed by atoms with van der Waals surface area (Å²) in [6.45, 7) is 3.25. The molecular weight excluding hydrogens is 399 g/mol. The highest BCUT2D eigenvalue weighted by Crippen LogP contribution is 2.30. The Morgan fingerprint density at radius 1 is 1.25 bits per heavy atom. The van der Waals surface area contributed by atoms with E-state index in [1.54, 1.807) is 11.9 Å². The molecule has 1 amide bonds. The van der Waals surface area contributed by atoms with Gasteiger partial charge in [-0.3, -0.25) is 9.79 Å². The molecule has 2 heterocycles. The molecule has 1 unspecified atom stereocenters. The van der Waals surface area contributed by atoms with Crippen molar-refractivity contribution in [1.82, 2.24) is 19.8 Å². The van der Waals surface area contributed by atoms with Gasteiger partial charge in [-0.25, -0.2) is 8.42 Å². The molecule has 8 nitrogen and oxygen atoms in total. The maximum absolute atomic E-state index is 12.6. The van der Waals surface area contributed by atoms with Gasteiger partial charge < -0.3 is 15.5 Å². The Hall–Kier alpha value is -1.56. The van der Waals surface area contributed by atoms with Crippen LogP contribution in [0, 0.1) is 5.92 Å². The first-order valence-electron chi connectivity index (χ1n) is 9.39. The van der Waals surface area contributed by atoms with Crippen LogP contribution in [0.3, 0.4) is 0 Å². The second kappa shape index (κ2) is 9.29. The van der Waals surface area contributed by atoms with Crippen LogP contribution in [-0.2, 0) is 14.8 Å². The van der Waals surface area contributed by atoms with Crippen molar-refractivity contribution < 1.29 is 26.4 Å². The zero-order valence-electron chi connectivity index (χ0n) is 16.1. The van der Waals surface area contributed by atoms with Crippen molar-refractivity contribution in [3.05, 3.63) is 0 Å². The van der Waals surface area contributed by atoms with Crippen LogP contribution in [-0.4, -0.2) is 80.8 Å². The Morgan fingerprint density at radius 2 is 1.89 bits per heavy atom. The molecule has 162 valence electrons. The summed E-state index contributed by atoms with van der Waals surface area (Å²) in [5.41, 5.74) is -5.26. The van der Waals surface area contributed by atoms with Crippen LogP contribution < -0.4 is 10.6 Å². The highest BCUT2D eigenvalue weighted by atomic mass is 32.2. The number of rotatable bonds is 5. The van der Waals surface area contributed by atoms with Crippen molar-refractivity contribution in [2.75, 3.05) is 39.8 Å².